The zero-order valence-corrected chi connectivity index (χ0v) is 23.2. The molecule has 2 aromatic rings. The minimum Gasteiger partial charge on any atom is -0.454 e. The highest BCUT2D eigenvalue weighted by molar-refractivity contribution is 7.92. The second-order valence-corrected chi connectivity index (χ2v) is 12.3. The SMILES string of the molecule is Cc1cccc(CN(C(=O)CCCN(c2ccc3c(c2)OCO3)S(C)(=O)=O)[C@H](C)C(=O)NC(C)(C)C)c1. The standard InChI is InChI=1S/C27H37N3O6S/c1-19-9-7-10-21(15-19)17-29(20(2)26(32)28-27(3,4)5)25(31)11-8-14-30(37(6,33)34)22-12-13-23-24(16-22)36-18-35-23/h7,9-10,12-13,15-16,20H,8,11,14,17-18H2,1-6H3,(H,28,32)/t20-/m1/s1. The van der Waals surface area contributed by atoms with Crippen molar-refractivity contribution in [1.82, 2.24) is 10.2 Å². The molecule has 2 amide bonds. The summed E-state index contributed by atoms with van der Waals surface area (Å²) < 4.78 is 37.0. The molecule has 0 aliphatic carbocycles. The Bertz CT molecular complexity index is 1240. The molecule has 1 N–H and O–H groups in total. The van der Waals surface area contributed by atoms with E-state index >= 15 is 0 Å². The number of nitrogens with one attached hydrogen (secondary N) is 1. The van der Waals surface area contributed by atoms with Gasteiger partial charge in [0, 0.05) is 31.1 Å². The Morgan fingerprint density at radius 3 is 2.43 bits per heavy atom. The molecule has 0 bridgehead atoms. The molecule has 1 atom stereocenters. The van der Waals surface area contributed by atoms with Crippen molar-refractivity contribution in [3.8, 4) is 11.5 Å². The molecule has 9 nitrogen and oxygen atoms in total. The maximum Gasteiger partial charge on any atom is 0.242 e. The van der Waals surface area contributed by atoms with E-state index in [9.17, 15) is 18.0 Å². The van der Waals surface area contributed by atoms with Gasteiger partial charge in [0.15, 0.2) is 11.5 Å². The Labute approximate surface area is 219 Å². The van der Waals surface area contributed by atoms with E-state index in [0.29, 0.717) is 17.2 Å². The molecule has 1 aliphatic rings. The molecule has 3 rings (SSSR count). The van der Waals surface area contributed by atoms with Gasteiger partial charge in [0.1, 0.15) is 6.04 Å². The van der Waals surface area contributed by atoms with E-state index in [2.05, 4.69) is 5.32 Å². The van der Waals surface area contributed by atoms with Crippen LogP contribution in [0.5, 0.6) is 11.5 Å². The first-order chi connectivity index (χ1) is 17.2. The van der Waals surface area contributed by atoms with Crippen LogP contribution in [0.3, 0.4) is 0 Å². The molecule has 0 fully saturated rings. The summed E-state index contributed by atoms with van der Waals surface area (Å²) in [5, 5.41) is 2.95. The quantitative estimate of drug-likeness (QED) is 0.502. The van der Waals surface area contributed by atoms with Gasteiger partial charge in [-0.1, -0.05) is 29.8 Å². The average molecular weight is 532 g/mol. The smallest absolute Gasteiger partial charge is 0.242 e. The molecule has 2 aromatic carbocycles. The van der Waals surface area contributed by atoms with Gasteiger partial charge in [-0.2, -0.15) is 0 Å². The summed E-state index contributed by atoms with van der Waals surface area (Å²) in [7, 11) is -3.61. The van der Waals surface area contributed by atoms with Crippen LogP contribution in [-0.4, -0.2) is 56.3 Å². The average Bonchev–Trinajstić information content (AvgIpc) is 3.25. The van der Waals surface area contributed by atoms with E-state index in [4.69, 9.17) is 9.47 Å². The van der Waals surface area contributed by atoms with Crippen LogP contribution in [0.25, 0.3) is 0 Å². The van der Waals surface area contributed by atoms with Crippen molar-refractivity contribution in [3.63, 3.8) is 0 Å². The second-order valence-electron chi connectivity index (χ2n) is 10.4. The maximum absolute atomic E-state index is 13.4. The van der Waals surface area contributed by atoms with Crippen LogP contribution >= 0.6 is 0 Å². The van der Waals surface area contributed by atoms with Gasteiger partial charge in [-0.05, 0) is 58.7 Å². The number of hydrogen-bond donors (Lipinski definition) is 1. The first kappa shape index (κ1) is 28.3. The summed E-state index contributed by atoms with van der Waals surface area (Å²) in [5.74, 6) is 0.566. The van der Waals surface area contributed by atoms with E-state index in [1.54, 1.807) is 30.0 Å². The van der Waals surface area contributed by atoms with E-state index in [1.165, 1.54) is 4.31 Å². The zero-order chi connectivity index (χ0) is 27.4. The normalized spacial score (nSPS) is 13.7. The van der Waals surface area contributed by atoms with Crippen molar-refractivity contribution in [1.29, 1.82) is 0 Å². The summed E-state index contributed by atoms with van der Waals surface area (Å²) in [4.78, 5) is 27.9. The lowest BCUT2D eigenvalue weighted by molar-refractivity contribution is -0.141. The Balaban J connectivity index is 1.74. The first-order valence-corrected chi connectivity index (χ1v) is 14.1. The lowest BCUT2D eigenvalue weighted by Gasteiger charge is -2.32. The lowest BCUT2D eigenvalue weighted by atomic mass is 10.1. The largest absolute Gasteiger partial charge is 0.454 e. The molecule has 0 spiro atoms. The van der Waals surface area contributed by atoms with Gasteiger partial charge in [-0.15, -0.1) is 0 Å². The lowest BCUT2D eigenvalue weighted by Crippen LogP contribution is -2.52. The van der Waals surface area contributed by atoms with Gasteiger partial charge in [0.25, 0.3) is 0 Å². The third kappa shape index (κ3) is 7.85. The second kappa shape index (κ2) is 11.4. The highest BCUT2D eigenvalue weighted by Crippen LogP contribution is 2.36. The van der Waals surface area contributed by atoms with Crippen LogP contribution in [0.15, 0.2) is 42.5 Å². The summed E-state index contributed by atoms with van der Waals surface area (Å²) in [6, 6.07) is 12.0. The van der Waals surface area contributed by atoms with Crippen LogP contribution in [0.2, 0.25) is 0 Å². The van der Waals surface area contributed by atoms with E-state index in [-0.39, 0.29) is 44.5 Å². The van der Waals surface area contributed by atoms with Crippen LogP contribution in [0.4, 0.5) is 5.69 Å². The molecule has 202 valence electrons. The maximum atomic E-state index is 13.4. The Kier molecular flexibility index (Phi) is 8.73. The summed E-state index contributed by atoms with van der Waals surface area (Å²) in [6.07, 6.45) is 1.48. The Hall–Kier alpha value is -3.27. The number of carbonyl (C=O) groups excluding carboxylic acids is 2. The number of carbonyl (C=O) groups is 2. The minimum absolute atomic E-state index is 0.0789. The van der Waals surface area contributed by atoms with E-state index in [0.717, 1.165) is 17.4 Å². The summed E-state index contributed by atoms with van der Waals surface area (Å²) in [6.45, 7) is 9.82. The molecule has 37 heavy (non-hydrogen) atoms. The molecular weight excluding hydrogens is 494 g/mol. The molecule has 10 heteroatoms. The van der Waals surface area contributed by atoms with Crippen molar-refractivity contribution in [2.75, 3.05) is 23.9 Å². The fraction of sp³-hybridized carbons (Fsp3) is 0.481. The number of benzene rings is 2. The van der Waals surface area contributed by atoms with Crippen LogP contribution in [-0.2, 0) is 26.2 Å². The van der Waals surface area contributed by atoms with Crippen molar-refractivity contribution in [2.24, 2.45) is 0 Å². The Morgan fingerprint density at radius 2 is 1.78 bits per heavy atom. The molecule has 0 saturated carbocycles. The number of rotatable bonds is 10. The number of aryl methyl sites for hydroxylation is 1. The third-order valence-electron chi connectivity index (χ3n) is 5.90. The van der Waals surface area contributed by atoms with Crippen molar-refractivity contribution in [2.45, 2.75) is 65.6 Å². The molecule has 0 radical (unpaired) electrons. The number of sulfonamides is 1. The van der Waals surface area contributed by atoms with Gasteiger partial charge in [0.2, 0.25) is 28.6 Å². The van der Waals surface area contributed by atoms with Crippen molar-refractivity contribution >= 4 is 27.5 Å². The molecule has 0 unspecified atom stereocenters. The van der Waals surface area contributed by atoms with Crippen LogP contribution < -0.4 is 19.1 Å². The highest BCUT2D eigenvalue weighted by atomic mass is 32.2. The van der Waals surface area contributed by atoms with Gasteiger partial charge in [0.05, 0.1) is 11.9 Å². The van der Waals surface area contributed by atoms with E-state index < -0.39 is 21.6 Å². The topological polar surface area (TPSA) is 105 Å². The minimum atomic E-state index is -3.61. The van der Waals surface area contributed by atoms with E-state index in [1.807, 2.05) is 52.0 Å². The summed E-state index contributed by atoms with van der Waals surface area (Å²) >= 11 is 0. The predicted octanol–water partition coefficient (Wildman–Crippen LogP) is 3.60. The van der Waals surface area contributed by atoms with Crippen LogP contribution in [0.1, 0.15) is 51.7 Å². The molecular formula is C27H37N3O6S. The van der Waals surface area contributed by atoms with Gasteiger partial charge >= 0.3 is 0 Å². The number of anilines is 1. The number of nitrogens with zero attached hydrogens (tertiary/aromatic N) is 2. The summed E-state index contributed by atoms with van der Waals surface area (Å²) in [5.41, 5.74) is 1.98. The number of fused-ring (bicyclic) bond motifs is 1. The fourth-order valence-corrected chi connectivity index (χ4v) is 5.07. The highest BCUT2D eigenvalue weighted by Gasteiger charge is 2.29. The van der Waals surface area contributed by atoms with Crippen molar-refractivity contribution < 1.29 is 27.5 Å². The van der Waals surface area contributed by atoms with Gasteiger partial charge in [-0.3, -0.25) is 13.9 Å². The monoisotopic (exact) mass is 531 g/mol. The predicted molar refractivity (Wildman–Crippen MR) is 143 cm³/mol. The van der Waals surface area contributed by atoms with Gasteiger partial charge in [-0.25, -0.2) is 8.42 Å². The molecule has 1 heterocycles. The number of amides is 2. The Morgan fingerprint density at radius 1 is 1.08 bits per heavy atom. The number of hydrogen-bond acceptors (Lipinski definition) is 6. The number of ether oxygens (including phenoxy) is 2. The third-order valence-corrected chi connectivity index (χ3v) is 7.09. The van der Waals surface area contributed by atoms with Crippen molar-refractivity contribution in [3.05, 3.63) is 53.6 Å². The fourth-order valence-electron chi connectivity index (χ4n) is 4.11. The van der Waals surface area contributed by atoms with Crippen LogP contribution in [0, 0.1) is 6.92 Å². The first-order valence-electron chi connectivity index (χ1n) is 12.3. The molecule has 1 aliphatic heterocycles. The molecule has 0 aromatic heterocycles. The zero-order valence-electron chi connectivity index (χ0n) is 22.4. The van der Waals surface area contributed by atoms with Gasteiger partial charge < -0.3 is 19.7 Å². The molecule has 0 saturated heterocycles.